The fourth-order valence-corrected chi connectivity index (χ4v) is 5.03. The third-order valence-corrected chi connectivity index (χ3v) is 7.24. The van der Waals surface area contributed by atoms with Gasteiger partial charge in [-0.3, -0.25) is 4.79 Å². The van der Waals surface area contributed by atoms with Gasteiger partial charge in [0.2, 0.25) is 11.9 Å². The standard InChI is InChI=1S/C22H32F2N6O2/c1-15-3-11-30(15)21-26-19-17(2-6-22(19,23)24)20(27-21)29-9-4-16(5-10-29)32-14-18(31)28-12-7-25-8-13-28/h15-16,25H,2-14H2,1H3/t15-/m0/s1. The maximum Gasteiger partial charge on any atom is 0.290 e. The van der Waals surface area contributed by atoms with Gasteiger partial charge in [-0.25, -0.2) is 4.98 Å². The zero-order chi connectivity index (χ0) is 22.3. The summed E-state index contributed by atoms with van der Waals surface area (Å²) in [6.07, 6.45) is 2.64. The first-order valence-corrected chi connectivity index (χ1v) is 11.8. The number of fused-ring (bicyclic) bond motifs is 1. The van der Waals surface area contributed by atoms with Crippen molar-refractivity contribution in [3.63, 3.8) is 0 Å². The van der Waals surface area contributed by atoms with E-state index in [1.165, 1.54) is 0 Å². The first kappa shape index (κ1) is 21.8. The van der Waals surface area contributed by atoms with Gasteiger partial charge in [0.05, 0.1) is 6.10 Å². The van der Waals surface area contributed by atoms with Crippen molar-refractivity contribution >= 4 is 17.7 Å². The number of piperazine rings is 1. The summed E-state index contributed by atoms with van der Waals surface area (Å²) in [5.74, 6) is -1.75. The number of hydrogen-bond donors (Lipinski definition) is 1. The molecule has 0 radical (unpaired) electrons. The molecular weight excluding hydrogens is 418 g/mol. The molecule has 1 atom stereocenters. The third-order valence-electron chi connectivity index (χ3n) is 7.24. The number of halogens is 2. The van der Waals surface area contributed by atoms with Crippen LogP contribution in [0.2, 0.25) is 0 Å². The van der Waals surface area contributed by atoms with Crippen molar-refractivity contribution in [1.82, 2.24) is 20.2 Å². The Morgan fingerprint density at radius 1 is 1.12 bits per heavy atom. The molecule has 1 aromatic heterocycles. The fraction of sp³-hybridized carbons (Fsp3) is 0.773. The molecular formula is C22H32F2N6O2. The van der Waals surface area contributed by atoms with E-state index in [1.807, 2.05) is 9.80 Å². The summed E-state index contributed by atoms with van der Waals surface area (Å²) in [6.45, 7) is 7.44. The molecule has 3 saturated heterocycles. The van der Waals surface area contributed by atoms with Crippen molar-refractivity contribution in [3.05, 3.63) is 11.3 Å². The molecule has 1 aliphatic carbocycles. The fourth-order valence-electron chi connectivity index (χ4n) is 5.03. The summed E-state index contributed by atoms with van der Waals surface area (Å²) in [6, 6.07) is 0.281. The maximum absolute atomic E-state index is 14.6. The summed E-state index contributed by atoms with van der Waals surface area (Å²) in [5.41, 5.74) is 0.511. The lowest BCUT2D eigenvalue weighted by molar-refractivity contribution is -0.139. The van der Waals surface area contributed by atoms with Crippen LogP contribution in [0.25, 0.3) is 0 Å². The second-order valence-electron chi connectivity index (χ2n) is 9.34. The van der Waals surface area contributed by atoms with Crippen LogP contribution in [0.4, 0.5) is 20.5 Å². The number of rotatable bonds is 5. The Labute approximate surface area is 187 Å². The van der Waals surface area contributed by atoms with Crippen LogP contribution in [0.1, 0.15) is 43.9 Å². The van der Waals surface area contributed by atoms with Crippen molar-refractivity contribution in [3.8, 4) is 0 Å². The molecule has 4 aliphatic rings. The number of amides is 1. The number of piperidine rings is 1. The average Bonchev–Trinajstić information content (AvgIpc) is 3.11. The molecule has 10 heteroatoms. The molecule has 4 heterocycles. The minimum atomic E-state index is -2.89. The molecule has 32 heavy (non-hydrogen) atoms. The van der Waals surface area contributed by atoms with Gasteiger partial charge in [0.1, 0.15) is 18.1 Å². The van der Waals surface area contributed by atoms with Crippen LogP contribution < -0.4 is 15.1 Å². The number of carbonyl (C=O) groups is 1. The van der Waals surface area contributed by atoms with E-state index in [0.29, 0.717) is 36.8 Å². The van der Waals surface area contributed by atoms with Gasteiger partial charge in [-0.1, -0.05) is 0 Å². The highest BCUT2D eigenvalue weighted by Crippen LogP contribution is 2.45. The van der Waals surface area contributed by atoms with E-state index in [0.717, 1.165) is 52.0 Å². The lowest BCUT2D eigenvalue weighted by Gasteiger charge is -2.40. The summed E-state index contributed by atoms with van der Waals surface area (Å²) in [4.78, 5) is 27.4. The lowest BCUT2D eigenvalue weighted by atomic mass is 10.1. The molecule has 3 aliphatic heterocycles. The van der Waals surface area contributed by atoms with Crippen LogP contribution in [0, 0.1) is 0 Å². The second kappa shape index (κ2) is 8.70. The van der Waals surface area contributed by atoms with Crippen LogP contribution in [-0.2, 0) is 21.9 Å². The van der Waals surface area contributed by atoms with Crippen LogP contribution in [0.15, 0.2) is 0 Å². The molecule has 1 aromatic rings. The lowest BCUT2D eigenvalue weighted by Crippen LogP contribution is -2.48. The number of aromatic nitrogens is 2. The predicted molar refractivity (Wildman–Crippen MR) is 116 cm³/mol. The highest BCUT2D eigenvalue weighted by Gasteiger charge is 2.45. The minimum absolute atomic E-state index is 0.00400. The van der Waals surface area contributed by atoms with Crippen LogP contribution in [0.3, 0.4) is 0 Å². The highest BCUT2D eigenvalue weighted by atomic mass is 19.3. The number of ether oxygens (including phenoxy) is 1. The topological polar surface area (TPSA) is 73.8 Å². The smallest absolute Gasteiger partial charge is 0.290 e. The van der Waals surface area contributed by atoms with Gasteiger partial charge in [-0.05, 0) is 32.6 Å². The van der Waals surface area contributed by atoms with Gasteiger partial charge in [-0.2, -0.15) is 13.8 Å². The monoisotopic (exact) mass is 450 g/mol. The summed E-state index contributed by atoms with van der Waals surface area (Å²) in [5, 5.41) is 3.24. The Morgan fingerprint density at radius 2 is 1.88 bits per heavy atom. The molecule has 0 unspecified atom stereocenters. The Kier molecular flexibility index (Phi) is 5.92. The first-order valence-electron chi connectivity index (χ1n) is 11.8. The molecule has 5 rings (SSSR count). The largest absolute Gasteiger partial charge is 0.368 e. The van der Waals surface area contributed by atoms with Crippen molar-refractivity contribution in [2.24, 2.45) is 0 Å². The number of anilines is 2. The van der Waals surface area contributed by atoms with Gasteiger partial charge in [0.15, 0.2) is 0 Å². The van der Waals surface area contributed by atoms with Gasteiger partial charge >= 0.3 is 0 Å². The predicted octanol–water partition coefficient (Wildman–Crippen LogP) is 1.53. The van der Waals surface area contributed by atoms with Crippen molar-refractivity contribution < 1.29 is 18.3 Å². The second-order valence-corrected chi connectivity index (χ2v) is 9.34. The van der Waals surface area contributed by atoms with E-state index in [1.54, 1.807) is 0 Å². The molecule has 1 N–H and O–H groups in total. The van der Waals surface area contributed by atoms with Gasteiger partial charge < -0.3 is 24.8 Å². The zero-order valence-electron chi connectivity index (χ0n) is 18.7. The van der Waals surface area contributed by atoms with Gasteiger partial charge in [0, 0.05) is 63.8 Å². The number of alkyl halides is 2. The normalized spacial score (nSPS) is 25.6. The van der Waals surface area contributed by atoms with Crippen LogP contribution in [0.5, 0.6) is 0 Å². The number of carbonyl (C=O) groups excluding carboxylic acids is 1. The van der Waals surface area contributed by atoms with Crippen LogP contribution in [-0.4, -0.2) is 85.3 Å². The van der Waals surface area contributed by atoms with E-state index in [2.05, 4.69) is 22.1 Å². The Morgan fingerprint density at radius 3 is 2.53 bits per heavy atom. The SMILES string of the molecule is C[C@H]1CCN1c1nc(N2CCC(OCC(=O)N3CCNCC3)CC2)c2c(n1)C(F)(F)CC2. The summed E-state index contributed by atoms with van der Waals surface area (Å²) < 4.78 is 35.0. The molecule has 1 amide bonds. The Hall–Kier alpha value is -2.07. The van der Waals surface area contributed by atoms with E-state index < -0.39 is 5.92 Å². The molecule has 8 nitrogen and oxygen atoms in total. The number of nitrogens with one attached hydrogen (secondary N) is 1. The minimum Gasteiger partial charge on any atom is -0.368 e. The highest BCUT2D eigenvalue weighted by molar-refractivity contribution is 5.77. The van der Waals surface area contributed by atoms with Crippen molar-refractivity contribution in [2.45, 2.75) is 57.1 Å². The molecule has 0 saturated carbocycles. The molecule has 0 spiro atoms. The average molecular weight is 451 g/mol. The van der Waals surface area contributed by atoms with Gasteiger partial charge in [0.25, 0.3) is 5.92 Å². The molecule has 176 valence electrons. The zero-order valence-corrected chi connectivity index (χ0v) is 18.7. The maximum atomic E-state index is 14.6. The van der Waals surface area contributed by atoms with Crippen molar-refractivity contribution in [1.29, 1.82) is 0 Å². The first-order chi connectivity index (χ1) is 15.4. The van der Waals surface area contributed by atoms with Crippen molar-refractivity contribution in [2.75, 3.05) is 62.2 Å². The van der Waals surface area contributed by atoms with E-state index in [-0.39, 0.29) is 36.8 Å². The Bertz CT molecular complexity index is 855. The summed E-state index contributed by atoms with van der Waals surface area (Å²) >= 11 is 0. The van der Waals surface area contributed by atoms with E-state index in [9.17, 15) is 13.6 Å². The summed E-state index contributed by atoms with van der Waals surface area (Å²) in [7, 11) is 0. The van der Waals surface area contributed by atoms with Gasteiger partial charge in [-0.15, -0.1) is 0 Å². The quantitative estimate of drug-likeness (QED) is 0.729. The Balaban J connectivity index is 1.24. The number of hydrogen-bond acceptors (Lipinski definition) is 7. The third kappa shape index (κ3) is 4.14. The molecule has 0 aromatic carbocycles. The molecule has 0 bridgehead atoms. The van der Waals surface area contributed by atoms with Crippen LogP contribution >= 0.6 is 0 Å². The number of nitrogens with zero attached hydrogens (tertiary/aromatic N) is 5. The van der Waals surface area contributed by atoms with E-state index >= 15 is 0 Å². The molecule has 3 fully saturated rings. The van der Waals surface area contributed by atoms with E-state index in [4.69, 9.17) is 9.72 Å².